The lowest BCUT2D eigenvalue weighted by Gasteiger charge is -2.26. The first-order chi connectivity index (χ1) is 18.2. The Bertz CT molecular complexity index is 1510. The Morgan fingerprint density at radius 1 is 0.868 bits per heavy atom. The van der Waals surface area contributed by atoms with Gasteiger partial charge in [-0.15, -0.1) is 0 Å². The second kappa shape index (κ2) is 9.66. The van der Waals surface area contributed by atoms with E-state index in [2.05, 4.69) is 4.98 Å². The van der Waals surface area contributed by atoms with Crippen LogP contribution in [-0.2, 0) is 15.8 Å². The van der Waals surface area contributed by atoms with E-state index < -0.39 is 29.5 Å². The fourth-order valence-corrected chi connectivity index (χ4v) is 4.67. The number of hydrogen-bond acceptors (Lipinski definition) is 4. The van der Waals surface area contributed by atoms with E-state index in [4.69, 9.17) is 0 Å². The summed E-state index contributed by atoms with van der Waals surface area (Å²) >= 11 is 0. The van der Waals surface area contributed by atoms with E-state index in [0.29, 0.717) is 11.3 Å². The van der Waals surface area contributed by atoms with Crippen LogP contribution in [0.25, 0.3) is 11.1 Å². The zero-order chi connectivity index (χ0) is 27.0. The van der Waals surface area contributed by atoms with Gasteiger partial charge in [0.25, 0.3) is 0 Å². The number of aromatic hydroxyl groups is 1. The smallest absolute Gasteiger partial charge is 0.416 e. The number of carbonyl (C=O) groups excluding carboxylic acids is 2. The average molecular weight is 518 g/mol. The third kappa shape index (κ3) is 4.36. The van der Waals surface area contributed by atoms with E-state index >= 15 is 0 Å². The van der Waals surface area contributed by atoms with Crippen molar-refractivity contribution < 1.29 is 27.9 Å². The van der Waals surface area contributed by atoms with Gasteiger partial charge in [0.05, 0.1) is 16.9 Å². The van der Waals surface area contributed by atoms with Crippen LogP contribution in [0.2, 0.25) is 0 Å². The molecule has 1 N–H and O–H groups in total. The molecule has 2 amide bonds. The molecule has 0 saturated heterocycles. The van der Waals surface area contributed by atoms with Crippen molar-refractivity contribution in [2.24, 2.45) is 0 Å². The van der Waals surface area contributed by atoms with Gasteiger partial charge in [-0.3, -0.25) is 19.5 Å². The number of benzene rings is 3. The third-order valence-electron chi connectivity index (χ3n) is 6.48. The first kappa shape index (κ1) is 25.0. The lowest BCUT2D eigenvalue weighted by atomic mass is 9.93. The molecule has 2 heterocycles. The first-order valence-corrected chi connectivity index (χ1v) is 11.9. The first-order valence-electron chi connectivity index (χ1n) is 11.9. The Hall–Kier alpha value is -4.66. The minimum absolute atomic E-state index is 0.0517. The van der Waals surface area contributed by atoms with Gasteiger partial charge < -0.3 is 10.0 Å². The molecular formula is C29H22F3N3O3. The minimum Gasteiger partial charge on any atom is -0.508 e. The second-order valence-corrected chi connectivity index (χ2v) is 8.74. The highest BCUT2D eigenvalue weighted by molar-refractivity contribution is 6.23. The molecule has 0 spiro atoms. The third-order valence-corrected chi connectivity index (χ3v) is 6.48. The Morgan fingerprint density at radius 2 is 1.63 bits per heavy atom. The van der Waals surface area contributed by atoms with Crippen LogP contribution in [-0.4, -0.2) is 28.4 Å². The zero-order valence-corrected chi connectivity index (χ0v) is 20.2. The normalized spacial score (nSPS) is 15.8. The lowest BCUT2D eigenvalue weighted by molar-refractivity contribution is -0.137. The Balaban J connectivity index is 1.71. The molecule has 3 aromatic carbocycles. The highest BCUT2D eigenvalue weighted by Gasteiger charge is 2.43. The van der Waals surface area contributed by atoms with Crippen molar-refractivity contribution in [1.82, 2.24) is 4.98 Å². The summed E-state index contributed by atoms with van der Waals surface area (Å²) in [4.78, 5) is 34.4. The number of fused-ring (bicyclic) bond motifs is 1. The summed E-state index contributed by atoms with van der Waals surface area (Å²) in [6.07, 6.45) is -1.44. The van der Waals surface area contributed by atoms with E-state index in [0.717, 1.165) is 22.6 Å². The van der Waals surface area contributed by atoms with Gasteiger partial charge in [0, 0.05) is 35.8 Å². The molecule has 0 saturated carbocycles. The molecule has 9 heteroatoms. The summed E-state index contributed by atoms with van der Waals surface area (Å²) in [6.45, 7) is 1.77. The standard InChI is InChI=1S/C29H22F3N3O3/c1-2-34-23-13-11-20(29(30,31)32)16-24(23)35(21-8-4-3-5-9-21)28(38)26(27(34)37)22-12-10-18(15-25(22)36)19-7-6-14-33-17-19/h3-17,26,36H,2H2,1H3. The number of alkyl halides is 3. The highest BCUT2D eigenvalue weighted by atomic mass is 19.4. The van der Waals surface area contributed by atoms with E-state index in [-0.39, 0.29) is 29.2 Å². The molecule has 1 aliphatic rings. The largest absolute Gasteiger partial charge is 0.508 e. The topological polar surface area (TPSA) is 73.7 Å². The fraction of sp³-hybridized carbons (Fsp3) is 0.138. The van der Waals surface area contributed by atoms with Crippen LogP contribution < -0.4 is 9.80 Å². The number of likely N-dealkylation sites (N-methyl/N-ethyl adjacent to an activating group) is 1. The summed E-state index contributed by atoms with van der Waals surface area (Å²) in [6, 6.07) is 19.3. The molecule has 0 aliphatic carbocycles. The molecular weight excluding hydrogens is 495 g/mol. The molecule has 5 rings (SSSR count). The molecule has 0 fully saturated rings. The number of halogens is 3. The van der Waals surface area contributed by atoms with Gasteiger partial charge in [-0.1, -0.05) is 36.4 Å². The number of nitrogens with zero attached hydrogens (tertiary/aromatic N) is 3. The van der Waals surface area contributed by atoms with Crippen molar-refractivity contribution >= 4 is 28.9 Å². The zero-order valence-electron chi connectivity index (χ0n) is 20.2. The van der Waals surface area contributed by atoms with Crippen LogP contribution in [0, 0.1) is 0 Å². The number of hydrogen-bond donors (Lipinski definition) is 1. The molecule has 0 radical (unpaired) electrons. The summed E-state index contributed by atoms with van der Waals surface area (Å²) in [7, 11) is 0. The molecule has 1 unspecified atom stereocenters. The Morgan fingerprint density at radius 3 is 2.26 bits per heavy atom. The predicted molar refractivity (Wildman–Crippen MR) is 137 cm³/mol. The number of phenols is 1. The predicted octanol–water partition coefficient (Wildman–Crippen LogP) is 6.29. The van der Waals surface area contributed by atoms with Crippen molar-refractivity contribution in [2.75, 3.05) is 16.3 Å². The van der Waals surface area contributed by atoms with Gasteiger partial charge >= 0.3 is 6.18 Å². The van der Waals surface area contributed by atoms with Crippen molar-refractivity contribution in [3.63, 3.8) is 0 Å². The van der Waals surface area contributed by atoms with Gasteiger partial charge in [-0.25, -0.2) is 0 Å². The summed E-state index contributed by atoms with van der Waals surface area (Å²) in [5.74, 6) is -3.22. The van der Waals surface area contributed by atoms with Crippen LogP contribution in [0.4, 0.5) is 30.2 Å². The van der Waals surface area contributed by atoms with Crippen molar-refractivity contribution in [2.45, 2.75) is 19.0 Å². The Labute approximate surface area is 216 Å². The number of rotatable bonds is 4. The fourth-order valence-electron chi connectivity index (χ4n) is 4.67. The number of amides is 2. The number of anilines is 3. The summed E-state index contributed by atoms with van der Waals surface area (Å²) in [5, 5.41) is 11.0. The van der Waals surface area contributed by atoms with Crippen molar-refractivity contribution in [3.8, 4) is 16.9 Å². The van der Waals surface area contributed by atoms with Gasteiger partial charge in [0.1, 0.15) is 11.7 Å². The van der Waals surface area contributed by atoms with E-state index in [9.17, 15) is 27.9 Å². The highest BCUT2D eigenvalue weighted by Crippen LogP contribution is 2.45. The molecule has 6 nitrogen and oxygen atoms in total. The van der Waals surface area contributed by atoms with Crippen LogP contribution in [0.1, 0.15) is 24.0 Å². The van der Waals surface area contributed by atoms with Gasteiger partial charge in [-0.2, -0.15) is 13.2 Å². The number of carbonyl (C=O) groups is 2. The number of pyridine rings is 1. The summed E-state index contributed by atoms with van der Waals surface area (Å²) in [5.41, 5.74) is 0.836. The SMILES string of the molecule is CCN1C(=O)C(c2ccc(-c3cccnc3)cc2O)C(=O)N(c2ccccc2)c2cc(C(F)(F)F)ccc21. The summed E-state index contributed by atoms with van der Waals surface area (Å²) < 4.78 is 41.1. The quantitative estimate of drug-likeness (QED) is 0.323. The second-order valence-electron chi connectivity index (χ2n) is 8.74. The molecule has 1 atom stereocenters. The molecule has 0 bridgehead atoms. The number of phenolic OH excluding ortho intramolecular Hbond substituents is 1. The molecule has 38 heavy (non-hydrogen) atoms. The van der Waals surface area contributed by atoms with Crippen LogP contribution in [0.3, 0.4) is 0 Å². The van der Waals surface area contributed by atoms with Gasteiger partial charge in [-0.05, 0) is 55.0 Å². The van der Waals surface area contributed by atoms with E-state index in [1.807, 2.05) is 0 Å². The maximum absolute atomic E-state index is 14.1. The molecule has 4 aromatic rings. The monoisotopic (exact) mass is 517 g/mol. The van der Waals surface area contributed by atoms with E-state index in [1.54, 1.807) is 67.8 Å². The van der Waals surface area contributed by atoms with Gasteiger partial charge in [0.15, 0.2) is 0 Å². The molecule has 1 aliphatic heterocycles. The molecule has 192 valence electrons. The van der Waals surface area contributed by atoms with Crippen LogP contribution in [0.5, 0.6) is 5.75 Å². The maximum Gasteiger partial charge on any atom is 0.416 e. The average Bonchev–Trinajstić information content (AvgIpc) is 3.00. The Kier molecular flexibility index (Phi) is 6.36. The van der Waals surface area contributed by atoms with Gasteiger partial charge in [0.2, 0.25) is 11.8 Å². The number of para-hydroxylation sites is 1. The minimum atomic E-state index is -4.66. The lowest BCUT2D eigenvalue weighted by Crippen LogP contribution is -2.39. The molecule has 1 aromatic heterocycles. The number of aromatic nitrogens is 1. The van der Waals surface area contributed by atoms with Crippen molar-refractivity contribution in [3.05, 3.63) is 102 Å². The van der Waals surface area contributed by atoms with Crippen molar-refractivity contribution in [1.29, 1.82) is 0 Å². The maximum atomic E-state index is 14.1. The van der Waals surface area contributed by atoms with Crippen LogP contribution >= 0.6 is 0 Å². The van der Waals surface area contributed by atoms with E-state index in [1.165, 1.54) is 23.1 Å². The van der Waals surface area contributed by atoms with Crippen LogP contribution in [0.15, 0.2) is 91.3 Å².